The number of aliphatic hydroxyl groups excluding tert-OH is 1. The highest BCUT2D eigenvalue weighted by Crippen LogP contribution is 2.20. The van der Waals surface area contributed by atoms with E-state index in [9.17, 15) is 14.7 Å². The van der Waals surface area contributed by atoms with Crippen molar-refractivity contribution in [3.05, 3.63) is 0 Å². The number of hydrogen-bond acceptors (Lipinski definition) is 4. The number of hydrogen-bond donors (Lipinski definition) is 3. The second-order valence-corrected chi connectivity index (χ2v) is 4.46. The summed E-state index contributed by atoms with van der Waals surface area (Å²) in [7, 11) is 0. The van der Waals surface area contributed by atoms with Crippen molar-refractivity contribution in [1.29, 1.82) is 0 Å². The van der Waals surface area contributed by atoms with Crippen LogP contribution in [-0.2, 0) is 14.3 Å². The number of rotatable bonds is 4. The molecule has 1 saturated heterocycles. The molecule has 0 spiro atoms. The Balaban J connectivity index is 2.55. The summed E-state index contributed by atoms with van der Waals surface area (Å²) in [5.74, 6) is -0.533. The molecule has 0 bridgehead atoms. The Morgan fingerprint density at radius 1 is 1.41 bits per heavy atom. The van der Waals surface area contributed by atoms with Gasteiger partial charge in [0.05, 0.1) is 12.1 Å². The molecule has 6 nitrogen and oxygen atoms in total. The van der Waals surface area contributed by atoms with Crippen molar-refractivity contribution < 1.29 is 19.4 Å². The lowest BCUT2D eigenvalue weighted by Crippen LogP contribution is -2.58. The predicted octanol–water partition coefficient (Wildman–Crippen LogP) is -0.831. The topological polar surface area (TPSA) is 87.7 Å². The first-order chi connectivity index (χ1) is 7.99. The Morgan fingerprint density at radius 2 is 2.00 bits per heavy atom. The fourth-order valence-corrected chi connectivity index (χ4v) is 1.82. The van der Waals surface area contributed by atoms with Crippen LogP contribution in [0.4, 0.5) is 0 Å². The van der Waals surface area contributed by atoms with E-state index in [1.54, 1.807) is 6.92 Å². The van der Waals surface area contributed by atoms with Crippen LogP contribution in [0.1, 0.15) is 26.7 Å². The van der Waals surface area contributed by atoms with Gasteiger partial charge in [-0.3, -0.25) is 9.59 Å². The van der Waals surface area contributed by atoms with Crippen molar-refractivity contribution in [2.45, 2.75) is 38.3 Å². The Hall–Kier alpha value is -1.14. The molecule has 2 amide bonds. The van der Waals surface area contributed by atoms with Gasteiger partial charge in [0, 0.05) is 20.1 Å². The molecule has 1 unspecified atom stereocenters. The van der Waals surface area contributed by atoms with Crippen LogP contribution in [0.2, 0.25) is 0 Å². The van der Waals surface area contributed by atoms with Gasteiger partial charge in [-0.2, -0.15) is 0 Å². The van der Waals surface area contributed by atoms with E-state index in [1.165, 1.54) is 6.92 Å². The molecule has 17 heavy (non-hydrogen) atoms. The first-order valence-corrected chi connectivity index (χ1v) is 5.77. The third-order valence-electron chi connectivity index (χ3n) is 2.95. The Labute approximate surface area is 101 Å². The maximum Gasteiger partial charge on any atom is 0.242 e. The van der Waals surface area contributed by atoms with E-state index < -0.39 is 11.6 Å². The Morgan fingerprint density at radius 3 is 2.47 bits per heavy atom. The molecule has 3 N–H and O–H groups in total. The lowest BCUT2D eigenvalue weighted by molar-refractivity contribution is -0.130. The first-order valence-electron chi connectivity index (χ1n) is 5.77. The monoisotopic (exact) mass is 244 g/mol. The third-order valence-corrected chi connectivity index (χ3v) is 2.95. The fraction of sp³-hybridized carbons (Fsp3) is 0.818. The van der Waals surface area contributed by atoms with Crippen molar-refractivity contribution in [2.75, 3.05) is 19.8 Å². The normalized spacial score (nSPS) is 20.4. The molecular weight excluding hydrogens is 224 g/mol. The van der Waals surface area contributed by atoms with E-state index in [1.807, 2.05) is 0 Å². The summed E-state index contributed by atoms with van der Waals surface area (Å²) in [6.07, 6.45) is 1.17. The summed E-state index contributed by atoms with van der Waals surface area (Å²) in [6.45, 7) is 3.90. The fourth-order valence-electron chi connectivity index (χ4n) is 1.82. The van der Waals surface area contributed by atoms with Crippen LogP contribution in [0, 0.1) is 0 Å². The number of carbonyl (C=O) groups is 2. The number of amides is 2. The highest BCUT2D eigenvalue weighted by molar-refractivity contribution is 5.86. The summed E-state index contributed by atoms with van der Waals surface area (Å²) in [6, 6.07) is -0.598. The van der Waals surface area contributed by atoms with Gasteiger partial charge in [-0.25, -0.2) is 0 Å². The van der Waals surface area contributed by atoms with Crippen molar-refractivity contribution >= 4 is 11.8 Å². The smallest absolute Gasteiger partial charge is 0.242 e. The van der Waals surface area contributed by atoms with Crippen LogP contribution in [0.15, 0.2) is 0 Å². The van der Waals surface area contributed by atoms with Gasteiger partial charge in [0.15, 0.2) is 0 Å². The van der Waals surface area contributed by atoms with E-state index in [-0.39, 0.29) is 18.4 Å². The zero-order valence-corrected chi connectivity index (χ0v) is 10.3. The maximum atomic E-state index is 11.8. The predicted molar refractivity (Wildman–Crippen MR) is 61.3 cm³/mol. The van der Waals surface area contributed by atoms with E-state index in [4.69, 9.17) is 4.74 Å². The molecule has 98 valence electrons. The highest BCUT2D eigenvalue weighted by atomic mass is 16.5. The molecule has 1 aliphatic heterocycles. The van der Waals surface area contributed by atoms with Gasteiger partial charge in [-0.05, 0) is 19.8 Å². The molecular formula is C11H20N2O4. The lowest BCUT2D eigenvalue weighted by atomic mass is 9.90. The number of carbonyl (C=O) groups excluding carboxylic acids is 2. The van der Waals surface area contributed by atoms with Crippen molar-refractivity contribution in [1.82, 2.24) is 10.6 Å². The molecule has 0 aromatic carbocycles. The van der Waals surface area contributed by atoms with Gasteiger partial charge in [-0.15, -0.1) is 0 Å². The van der Waals surface area contributed by atoms with Crippen LogP contribution in [0.5, 0.6) is 0 Å². The minimum Gasteiger partial charge on any atom is -0.394 e. The zero-order valence-electron chi connectivity index (χ0n) is 10.3. The molecule has 1 aliphatic rings. The molecule has 1 heterocycles. The second-order valence-electron chi connectivity index (χ2n) is 4.46. The lowest BCUT2D eigenvalue weighted by Gasteiger charge is -2.37. The minimum atomic E-state index is -0.609. The third kappa shape index (κ3) is 3.98. The van der Waals surface area contributed by atoms with E-state index in [0.717, 1.165) is 0 Å². The molecule has 0 aromatic heterocycles. The van der Waals surface area contributed by atoms with Gasteiger partial charge < -0.3 is 20.5 Å². The van der Waals surface area contributed by atoms with Crippen molar-refractivity contribution in [3.8, 4) is 0 Å². The number of aliphatic hydroxyl groups is 1. The van der Waals surface area contributed by atoms with Gasteiger partial charge in [-0.1, -0.05) is 0 Å². The quantitative estimate of drug-likeness (QED) is 0.602. The van der Waals surface area contributed by atoms with Gasteiger partial charge in [0.25, 0.3) is 0 Å². The van der Waals surface area contributed by atoms with Crippen molar-refractivity contribution in [2.24, 2.45) is 0 Å². The molecule has 6 heteroatoms. The molecule has 0 aliphatic carbocycles. The number of nitrogens with one attached hydrogen (secondary N) is 2. The van der Waals surface area contributed by atoms with E-state index in [2.05, 4.69) is 10.6 Å². The molecule has 0 saturated carbocycles. The average Bonchev–Trinajstić information content (AvgIpc) is 2.29. The van der Waals surface area contributed by atoms with Gasteiger partial charge in [0.1, 0.15) is 6.04 Å². The average molecular weight is 244 g/mol. The summed E-state index contributed by atoms with van der Waals surface area (Å²) in [5, 5.41) is 14.7. The highest BCUT2D eigenvalue weighted by Gasteiger charge is 2.34. The van der Waals surface area contributed by atoms with Gasteiger partial charge in [0.2, 0.25) is 11.8 Å². The van der Waals surface area contributed by atoms with Gasteiger partial charge >= 0.3 is 0 Å². The molecule has 1 fully saturated rings. The first kappa shape index (κ1) is 13.9. The SMILES string of the molecule is CC(=O)NC(C)C(=O)NC1(CO)CCOCC1. The van der Waals surface area contributed by atoms with E-state index >= 15 is 0 Å². The molecule has 1 rings (SSSR count). The standard InChI is InChI=1S/C11H20N2O4/c1-8(12-9(2)15)10(16)13-11(7-14)3-5-17-6-4-11/h8,14H,3-7H2,1-2H3,(H,12,15)(H,13,16). The molecule has 1 atom stereocenters. The zero-order chi connectivity index (χ0) is 12.9. The minimum absolute atomic E-state index is 0.116. The Bertz CT molecular complexity index is 287. The van der Waals surface area contributed by atoms with Crippen LogP contribution < -0.4 is 10.6 Å². The summed E-state index contributed by atoms with van der Waals surface area (Å²) in [5.41, 5.74) is -0.609. The van der Waals surface area contributed by atoms with Crippen LogP contribution in [0.25, 0.3) is 0 Å². The molecule has 0 radical (unpaired) electrons. The maximum absolute atomic E-state index is 11.8. The second kappa shape index (κ2) is 5.97. The largest absolute Gasteiger partial charge is 0.394 e. The number of ether oxygens (including phenoxy) is 1. The van der Waals surface area contributed by atoms with Crippen molar-refractivity contribution in [3.63, 3.8) is 0 Å². The Kier molecular flexibility index (Phi) is 4.89. The summed E-state index contributed by atoms with van der Waals surface area (Å²) >= 11 is 0. The van der Waals surface area contributed by atoms with Crippen LogP contribution >= 0.6 is 0 Å². The summed E-state index contributed by atoms with van der Waals surface area (Å²) < 4.78 is 5.20. The van der Waals surface area contributed by atoms with Crippen LogP contribution in [0.3, 0.4) is 0 Å². The summed E-state index contributed by atoms with van der Waals surface area (Å²) in [4.78, 5) is 22.7. The van der Waals surface area contributed by atoms with E-state index in [0.29, 0.717) is 26.1 Å². The van der Waals surface area contributed by atoms with Crippen LogP contribution in [-0.4, -0.2) is 48.3 Å². The molecule has 0 aromatic rings.